The van der Waals surface area contributed by atoms with E-state index in [1.54, 1.807) is 0 Å². The van der Waals surface area contributed by atoms with Crippen molar-refractivity contribution < 1.29 is 9.18 Å². The number of nitrogens with one attached hydrogen (secondary N) is 1. The van der Waals surface area contributed by atoms with Gasteiger partial charge in [-0.05, 0) is 48.3 Å². The number of hydrogen-bond donors (Lipinski definition) is 1. The first-order valence-corrected chi connectivity index (χ1v) is 10.5. The molecule has 0 fully saturated rings. The van der Waals surface area contributed by atoms with Crippen LogP contribution in [-0.2, 0) is 23.1 Å². The lowest BCUT2D eigenvalue weighted by Gasteiger charge is -2.44. The molecule has 0 spiro atoms. The van der Waals surface area contributed by atoms with E-state index >= 15 is 0 Å². The van der Waals surface area contributed by atoms with E-state index in [9.17, 15) is 9.18 Å². The van der Waals surface area contributed by atoms with Crippen molar-refractivity contribution in [3.63, 3.8) is 0 Å². The molecular weight excluding hydrogens is 363 g/mol. The molecule has 0 bridgehead atoms. The van der Waals surface area contributed by atoms with Crippen LogP contribution >= 0.6 is 0 Å². The van der Waals surface area contributed by atoms with Gasteiger partial charge in [-0.3, -0.25) is 9.89 Å². The molecule has 2 aliphatic rings. The van der Waals surface area contributed by atoms with Gasteiger partial charge in [-0.2, -0.15) is 5.10 Å². The molecule has 4 rings (SSSR count). The molecule has 3 nitrogen and oxygen atoms in total. The highest BCUT2D eigenvalue weighted by atomic mass is 19.1. The maximum Gasteiger partial charge on any atom is 0.160 e. The molecule has 1 N–H and O–H groups in total. The number of hydrogen-bond acceptors (Lipinski definition) is 2. The number of halogens is 1. The highest BCUT2D eigenvalue weighted by Gasteiger charge is 2.49. The quantitative estimate of drug-likeness (QED) is 0.712. The van der Waals surface area contributed by atoms with Gasteiger partial charge in [0, 0.05) is 35.1 Å². The summed E-state index contributed by atoms with van der Waals surface area (Å²) in [6.07, 6.45) is 3.01. The van der Waals surface area contributed by atoms with Crippen LogP contribution in [0.1, 0.15) is 76.9 Å². The monoisotopic (exact) mass is 394 g/mol. The van der Waals surface area contributed by atoms with Gasteiger partial charge in [-0.1, -0.05) is 52.3 Å². The Morgan fingerprint density at radius 2 is 1.76 bits per heavy atom. The summed E-state index contributed by atoms with van der Waals surface area (Å²) < 4.78 is 13.7. The summed E-state index contributed by atoms with van der Waals surface area (Å²) >= 11 is 0. The zero-order valence-corrected chi connectivity index (χ0v) is 18.4. The summed E-state index contributed by atoms with van der Waals surface area (Å²) in [6.45, 7) is 13.1. The lowest BCUT2D eigenvalue weighted by Crippen LogP contribution is -2.41. The van der Waals surface area contributed by atoms with Crippen LogP contribution in [-0.4, -0.2) is 16.0 Å². The second-order valence-electron chi connectivity index (χ2n) is 11.0. The van der Waals surface area contributed by atoms with Crippen molar-refractivity contribution >= 4 is 5.78 Å². The van der Waals surface area contributed by atoms with E-state index < -0.39 is 5.41 Å². The number of rotatable bonds is 2. The van der Waals surface area contributed by atoms with E-state index in [4.69, 9.17) is 5.10 Å². The molecule has 1 heterocycles. The summed E-state index contributed by atoms with van der Waals surface area (Å²) in [7, 11) is 0. The van der Waals surface area contributed by atoms with Gasteiger partial charge in [-0.15, -0.1) is 0 Å². The first-order valence-electron chi connectivity index (χ1n) is 10.5. The molecule has 0 amide bonds. The van der Waals surface area contributed by atoms with Crippen LogP contribution in [0.15, 0.2) is 35.4 Å². The Morgan fingerprint density at radius 1 is 1.10 bits per heavy atom. The van der Waals surface area contributed by atoms with Gasteiger partial charge in [0.25, 0.3) is 0 Å². The van der Waals surface area contributed by atoms with Crippen molar-refractivity contribution in [2.24, 2.45) is 10.8 Å². The van der Waals surface area contributed by atoms with Crippen LogP contribution in [0, 0.1) is 16.6 Å². The maximum absolute atomic E-state index is 13.7. The third-order valence-electron chi connectivity index (χ3n) is 6.39. The number of carbonyl (C=O) groups is 1. The molecule has 1 aromatic heterocycles. The van der Waals surface area contributed by atoms with Gasteiger partial charge >= 0.3 is 0 Å². The zero-order valence-electron chi connectivity index (χ0n) is 18.4. The summed E-state index contributed by atoms with van der Waals surface area (Å²) in [6, 6.07) is 6.65. The van der Waals surface area contributed by atoms with E-state index in [0.717, 1.165) is 47.4 Å². The number of fused-ring (bicyclic) bond motifs is 1. The minimum atomic E-state index is -0.613. The van der Waals surface area contributed by atoms with Crippen LogP contribution in [0.2, 0.25) is 0 Å². The maximum atomic E-state index is 13.7. The van der Waals surface area contributed by atoms with Crippen LogP contribution < -0.4 is 0 Å². The Morgan fingerprint density at radius 3 is 2.38 bits per heavy atom. The van der Waals surface area contributed by atoms with Crippen molar-refractivity contribution in [3.8, 4) is 0 Å². The molecular formula is C25H31FN2O. The number of Topliss-reactive ketones (excluding diaryl/α,β-unsaturated/α-hetero) is 1. The number of benzene rings is 1. The first kappa shape index (κ1) is 20.1. The summed E-state index contributed by atoms with van der Waals surface area (Å²) in [4.78, 5) is 13.5. The predicted molar refractivity (Wildman–Crippen MR) is 113 cm³/mol. The third kappa shape index (κ3) is 3.37. The summed E-state index contributed by atoms with van der Waals surface area (Å²) in [5, 5.41) is 7.99. The fourth-order valence-corrected chi connectivity index (χ4v) is 5.41. The smallest absolute Gasteiger partial charge is 0.160 e. The largest absolute Gasteiger partial charge is 0.294 e. The van der Waals surface area contributed by atoms with E-state index in [-0.39, 0.29) is 22.4 Å². The molecule has 2 aliphatic carbocycles. The first-order chi connectivity index (χ1) is 13.4. The minimum absolute atomic E-state index is 0.0363. The van der Waals surface area contributed by atoms with Crippen molar-refractivity contribution in [1.29, 1.82) is 0 Å². The topological polar surface area (TPSA) is 45.8 Å². The highest BCUT2D eigenvalue weighted by molar-refractivity contribution is 6.01. The number of allylic oxidation sites excluding steroid dienone is 2. The Balaban J connectivity index is 1.98. The molecule has 154 valence electrons. The molecule has 0 aliphatic heterocycles. The van der Waals surface area contributed by atoms with Gasteiger partial charge in [0.2, 0.25) is 0 Å². The molecule has 0 radical (unpaired) electrons. The molecule has 29 heavy (non-hydrogen) atoms. The molecule has 1 unspecified atom stereocenters. The van der Waals surface area contributed by atoms with Crippen LogP contribution in [0.3, 0.4) is 0 Å². The van der Waals surface area contributed by atoms with Gasteiger partial charge in [0.05, 0.1) is 5.69 Å². The number of aromatic amines is 1. The molecule has 0 saturated carbocycles. The second-order valence-corrected chi connectivity index (χ2v) is 11.0. The van der Waals surface area contributed by atoms with Crippen LogP contribution in [0.4, 0.5) is 4.39 Å². The average molecular weight is 395 g/mol. The van der Waals surface area contributed by atoms with Crippen molar-refractivity contribution in [2.75, 3.05) is 0 Å². The van der Waals surface area contributed by atoms with Gasteiger partial charge in [0.1, 0.15) is 5.82 Å². The molecule has 1 aromatic carbocycles. The van der Waals surface area contributed by atoms with Gasteiger partial charge in [0.15, 0.2) is 5.78 Å². The van der Waals surface area contributed by atoms with Gasteiger partial charge < -0.3 is 0 Å². The molecule has 2 aromatic rings. The number of aromatic nitrogens is 2. The van der Waals surface area contributed by atoms with Crippen LogP contribution in [0.5, 0.6) is 0 Å². The summed E-state index contributed by atoms with van der Waals surface area (Å²) in [5.74, 6) is -0.0440. The third-order valence-corrected chi connectivity index (χ3v) is 6.39. The Bertz CT molecular complexity index is 1000. The Kier molecular flexibility index (Phi) is 4.42. The minimum Gasteiger partial charge on any atom is -0.294 e. The highest BCUT2D eigenvalue weighted by Crippen LogP contribution is 2.53. The zero-order chi connectivity index (χ0) is 21.2. The van der Waals surface area contributed by atoms with E-state index in [0.29, 0.717) is 6.42 Å². The molecule has 4 heteroatoms. The van der Waals surface area contributed by atoms with E-state index in [2.05, 4.69) is 46.6 Å². The standard InChI is InChI=1S/C25H31FN2O/c1-23(2,3)13-19-22-18(27-28-19)11-15-12-24(4,5)14-20(29)21(15)25(22,6)16-7-9-17(26)10-8-16/h7-10H,11-14H2,1-6H3,(H,27,28). The SMILES string of the molecule is CC(C)(C)Cc1n[nH]c2c1C(C)(c1ccc(F)cc1)C1=C(C2)CC(C)(C)CC1=O. The average Bonchev–Trinajstić information content (AvgIpc) is 2.95. The number of ketones is 1. The van der Waals surface area contributed by atoms with Crippen molar-refractivity contribution in [3.05, 3.63) is 63.7 Å². The Labute approximate surface area is 172 Å². The number of carbonyl (C=O) groups excluding carboxylic acids is 1. The van der Waals surface area contributed by atoms with Crippen LogP contribution in [0.25, 0.3) is 0 Å². The fraction of sp³-hybridized carbons (Fsp3) is 0.520. The second kappa shape index (κ2) is 6.38. The molecule has 0 saturated heterocycles. The predicted octanol–water partition coefficient (Wildman–Crippen LogP) is 5.69. The lowest BCUT2D eigenvalue weighted by molar-refractivity contribution is -0.118. The number of nitrogens with zero attached hydrogens (tertiary/aromatic N) is 1. The summed E-state index contributed by atoms with van der Waals surface area (Å²) in [5.41, 5.74) is 5.72. The lowest BCUT2D eigenvalue weighted by atomic mass is 9.58. The van der Waals surface area contributed by atoms with E-state index in [1.807, 2.05) is 12.1 Å². The fourth-order valence-electron chi connectivity index (χ4n) is 5.41. The van der Waals surface area contributed by atoms with E-state index in [1.165, 1.54) is 17.7 Å². The normalized spacial score (nSPS) is 23.8. The van der Waals surface area contributed by atoms with Crippen molar-refractivity contribution in [2.45, 2.75) is 72.6 Å². The number of H-pyrrole nitrogens is 1. The van der Waals surface area contributed by atoms with Gasteiger partial charge in [-0.25, -0.2) is 4.39 Å². The molecule has 1 atom stereocenters. The Hall–Kier alpha value is -2.23. The van der Waals surface area contributed by atoms with Crippen molar-refractivity contribution in [1.82, 2.24) is 10.2 Å².